The highest BCUT2D eigenvalue weighted by molar-refractivity contribution is 6.33. The molecule has 9 nitrogen and oxygen atoms in total. The van der Waals surface area contributed by atoms with Gasteiger partial charge in [-0.1, -0.05) is 29.8 Å². The average Bonchev–Trinajstić information content (AvgIpc) is 3.08. The van der Waals surface area contributed by atoms with E-state index in [0.29, 0.717) is 27.8 Å². The molecule has 0 aliphatic carbocycles. The van der Waals surface area contributed by atoms with Crippen LogP contribution in [-0.2, 0) is 9.59 Å². The second kappa shape index (κ2) is 9.75. The Morgan fingerprint density at radius 3 is 2.80 bits per heavy atom. The van der Waals surface area contributed by atoms with Crippen molar-refractivity contribution in [3.63, 3.8) is 0 Å². The lowest BCUT2D eigenvalue weighted by Gasteiger charge is -2.12. The Kier molecular flexibility index (Phi) is 6.87. The van der Waals surface area contributed by atoms with Gasteiger partial charge < -0.3 is 14.8 Å². The summed E-state index contributed by atoms with van der Waals surface area (Å²) in [6, 6.07) is 11.3. The van der Waals surface area contributed by atoms with E-state index in [0.717, 1.165) is 0 Å². The van der Waals surface area contributed by atoms with E-state index in [9.17, 15) is 9.59 Å². The van der Waals surface area contributed by atoms with Gasteiger partial charge in [-0.15, -0.1) is 0 Å². The molecule has 156 valence electrons. The van der Waals surface area contributed by atoms with Crippen LogP contribution in [0.1, 0.15) is 12.0 Å². The SMILES string of the molecule is COc1ccc(OC)c(NC(=O)CC2N=C(N/N=C/c3ccccc3Cl)NC2=O)c1. The Labute approximate surface area is 178 Å². The van der Waals surface area contributed by atoms with E-state index in [-0.39, 0.29) is 12.4 Å². The van der Waals surface area contributed by atoms with Crippen molar-refractivity contribution in [1.29, 1.82) is 0 Å². The largest absolute Gasteiger partial charge is 0.497 e. The lowest BCUT2D eigenvalue weighted by molar-refractivity contribution is -0.123. The first-order valence-corrected chi connectivity index (χ1v) is 9.32. The molecule has 1 aliphatic heterocycles. The molecule has 1 heterocycles. The molecule has 30 heavy (non-hydrogen) atoms. The number of amides is 2. The van der Waals surface area contributed by atoms with Crippen molar-refractivity contribution in [2.24, 2.45) is 10.1 Å². The van der Waals surface area contributed by atoms with Crippen molar-refractivity contribution >= 4 is 41.3 Å². The zero-order valence-electron chi connectivity index (χ0n) is 16.3. The normalized spacial score (nSPS) is 15.5. The lowest BCUT2D eigenvalue weighted by Crippen LogP contribution is -2.35. The van der Waals surface area contributed by atoms with Gasteiger partial charge in [-0.05, 0) is 18.2 Å². The van der Waals surface area contributed by atoms with Crippen molar-refractivity contribution < 1.29 is 19.1 Å². The van der Waals surface area contributed by atoms with E-state index >= 15 is 0 Å². The van der Waals surface area contributed by atoms with E-state index in [4.69, 9.17) is 21.1 Å². The van der Waals surface area contributed by atoms with Crippen LogP contribution >= 0.6 is 11.6 Å². The molecule has 0 spiro atoms. The number of methoxy groups -OCH3 is 2. The number of hydrogen-bond acceptors (Lipinski definition) is 7. The molecular weight excluding hydrogens is 410 g/mol. The highest BCUT2D eigenvalue weighted by Crippen LogP contribution is 2.29. The zero-order valence-corrected chi connectivity index (χ0v) is 17.1. The first-order chi connectivity index (χ1) is 14.5. The summed E-state index contributed by atoms with van der Waals surface area (Å²) in [5.41, 5.74) is 3.78. The van der Waals surface area contributed by atoms with Crippen LogP contribution in [0.15, 0.2) is 52.6 Å². The molecule has 0 saturated heterocycles. The second-order valence-corrected chi connectivity index (χ2v) is 6.60. The van der Waals surface area contributed by atoms with Crippen LogP contribution in [0.3, 0.4) is 0 Å². The maximum Gasteiger partial charge on any atom is 0.252 e. The number of ether oxygens (including phenoxy) is 2. The van der Waals surface area contributed by atoms with Gasteiger partial charge in [-0.2, -0.15) is 5.10 Å². The third-order valence-electron chi connectivity index (χ3n) is 4.17. The Balaban J connectivity index is 1.60. The number of nitrogens with zero attached hydrogens (tertiary/aromatic N) is 2. The molecular formula is C20H20ClN5O4. The summed E-state index contributed by atoms with van der Waals surface area (Å²) in [7, 11) is 3.01. The maximum atomic E-state index is 12.4. The van der Waals surface area contributed by atoms with Gasteiger partial charge in [-0.25, -0.2) is 10.4 Å². The molecule has 2 amide bonds. The minimum Gasteiger partial charge on any atom is -0.497 e. The number of anilines is 1. The number of hydrogen-bond donors (Lipinski definition) is 3. The summed E-state index contributed by atoms with van der Waals surface area (Å²) in [5.74, 6) is 0.384. The predicted molar refractivity (Wildman–Crippen MR) is 114 cm³/mol. The molecule has 2 aromatic rings. The lowest BCUT2D eigenvalue weighted by atomic mass is 10.2. The number of hydrazone groups is 1. The smallest absolute Gasteiger partial charge is 0.252 e. The molecule has 0 saturated carbocycles. The zero-order chi connectivity index (χ0) is 21.5. The quantitative estimate of drug-likeness (QED) is 0.461. The van der Waals surface area contributed by atoms with Crippen molar-refractivity contribution in [1.82, 2.24) is 10.7 Å². The minimum atomic E-state index is -0.875. The molecule has 0 fully saturated rings. The standard InChI is InChI=1S/C20H20ClN5O4/c1-29-13-7-8-17(30-2)15(9-13)23-18(27)10-16-19(28)25-20(24-16)26-22-11-12-5-3-4-6-14(12)21/h3-9,11,16H,10H2,1-2H3,(H,23,27)(H2,24,25,26,28)/b22-11+. The Morgan fingerprint density at radius 1 is 1.27 bits per heavy atom. The molecule has 2 aromatic carbocycles. The molecule has 3 rings (SSSR count). The van der Waals surface area contributed by atoms with Gasteiger partial charge in [0.05, 0.1) is 32.5 Å². The number of guanidine groups is 1. The van der Waals surface area contributed by atoms with Gasteiger partial charge in [0.1, 0.15) is 17.5 Å². The van der Waals surface area contributed by atoms with E-state index in [1.807, 2.05) is 12.1 Å². The average molecular weight is 430 g/mol. The van der Waals surface area contributed by atoms with Crippen molar-refractivity contribution in [3.8, 4) is 11.5 Å². The molecule has 0 aromatic heterocycles. The van der Waals surface area contributed by atoms with E-state index in [1.165, 1.54) is 20.4 Å². The van der Waals surface area contributed by atoms with E-state index in [2.05, 4.69) is 26.2 Å². The summed E-state index contributed by atoms with van der Waals surface area (Å²) in [5, 5.41) is 9.81. The predicted octanol–water partition coefficient (Wildman–Crippen LogP) is 2.16. The van der Waals surface area contributed by atoms with Gasteiger partial charge in [0, 0.05) is 16.7 Å². The number of aliphatic imine (C=N–C) groups is 1. The van der Waals surface area contributed by atoms with Crippen molar-refractivity contribution in [2.75, 3.05) is 19.5 Å². The van der Waals surface area contributed by atoms with Crippen molar-refractivity contribution in [3.05, 3.63) is 53.1 Å². The maximum absolute atomic E-state index is 12.4. The van der Waals surface area contributed by atoms with Crippen LogP contribution < -0.4 is 25.5 Å². The monoisotopic (exact) mass is 429 g/mol. The van der Waals surface area contributed by atoms with Crippen LogP contribution in [0.2, 0.25) is 5.02 Å². The van der Waals surface area contributed by atoms with Gasteiger partial charge in [0.25, 0.3) is 5.91 Å². The summed E-state index contributed by atoms with van der Waals surface area (Å²) in [4.78, 5) is 28.7. The van der Waals surface area contributed by atoms with Gasteiger partial charge in [0.2, 0.25) is 11.9 Å². The summed E-state index contributed by atoms with van der Waals surface area (Å²) in [6.45, 7) is 0. The second-order valence-electron chi connectivity index (χ2n) is 6.19. The molecule has 1 unspecified atom stereocenters. The van der Waals surface area contributed by atoms with Crippen LogP contribution in [0, 0.1) is 0 Å². The van der Waals surface area contributed by atoms with Crippen LogP contribution in [-0.4, -0.2) is 44.2 Å². The Bertz CT molecular complexity index is 1010. The van der Waals surface area contributed by atoms with Crippen LogP contribution in [0.25, 0.3) is 0 Å². The third-order valence-corrected chi connectivity index (χ3v) is 4.51. The Morgan fingerprint density at radius 2 is 2.07 bits per heavy atom. The topological polar surface area (TPSA) is 113 Å². The van der Waals surface area contributed by atoms with Crippen LogP contribution in [0.5, 0.6) is 11.5 Å². The fourth-order valence-corrected chi connectivity index (χ4v) is 2.86. The summed E-state index contributed by atoms with van der Waals surface area (Å²) >= 11 is 6.05. The third kappa shape index (κ3) is 5.26. The fourth-order valence-electron chi connectivity index (χ4n) is 2.67. The highest BCUT2D eigenvalue weighted by Gasteiger charge is 2.28. The highest BCUT2D eigenvalue weighted by atomic mass is 35.5. The molecule has 1 atom stereocenters. The molecule has 10 heteroatoms. The summed E-state index contributed by atoms with van der Waals surface area (Å²) in [6.07, 6.45) is 1.36. The fraction of sp³-hybridized carbons (Fsp3) is 0.200. The van der Waals surface area contributed by atoms with Gasteiger partial charge in [0.15, 0.2) is 0 Å². The minimum absolute atomic E-state index is 0.147. The molecule has 0 radical (unpaired) electrons. The summed E-state index contributed by atoms with van der Waals surface area (Å²) < 4.78 is 10.4. The van der Waals surface area contributed by atoms with Gasteiger partial charge >= 0.3 is 0 Å². The number of carbonyl (C=O) groups excluding carboxylic acids is 2. The van der Waals surface area contributed by atoms with Crippen molar-refractivity contribution in [2.45, 2.75) is 12.5 Å². The number of carbonyl (C=O) groups is 2. The molecule has 3 N–H and O–H groups in total. The van der Waals surface area contributed by atoms with E-state index < -0.39 is 17.9 Å². The number of halogens is 1. The number of rotatable bonds is 7. The number of benzene rings is 2. The van der Waals surface area contributed by atoms with Crippen LogP contribution in [0.4, 0.5) is 5.69 Å². The Hall–Kier alpha value is -3.59. The first kappa shape index (κ1) is 21.1. The van der Waals surface area contributed by atoms with E-state index in [1.54, 1.807) is 30.3 Å². The first-order valence-electron chi connectivity index (χ1n) is 8.94. The molecule has 0 bridgehead atoms. The molecule has 1 aliphatic rings. The number of nitrogens with one attached hydrogen (secondary N) is 3. The van der Waals surface area contributed by atoms with Gasteiger partial charge in [-0.3, -0.25) is 14.9 Å².